The van der Waals surface area contributed by atoms with Crippen molar-refractivity contribution in [3.63, 3.8) is 0 Å². The average molecular weight is 278 g/mol. The average Bonchev–Trinajstić information content (AvgIpc) is 2.51. The van der Waals surface area contributed by atoms with E-state index in [1.54, 1.807) is 0 Å². The van der Waals surface area contributed by atoms with Gasteiger partial charge in [-0.25, -0.2) is 9.80 Å². The molecule has 1 atom stereocenters. The van der Waals surface area contributed by atoms with Crippen LogP contribution >= 0.6 is 0 Å². The molecule has 0 aromatic heterocycles. The van der Waals surface area contributed by atoms with Crippen LogP contribution in [-0.2, 0) is 0 Å². The predicted molar refractivity (Wildman–Crippen MR) is 68.4 cm³/mol. The highest BCUT2D eigenvalue weighted by Gasteiger charge is 2.34. The van der Waals surface area contributed by atoms with Gasteiger partial charge < -0.3 is 0 Å². The molecule has 0 N–H and O–H groups in total. The van der Waals surface area contributed by atoms with Crippen molar-refractivity contribution in [1.82, 2.24) is 14.7 Å². The summed E-state index contributed by atoms with van der Waals surface area (Å²) in [5.74, 6) is 2.29. The monoisotopic (exact) mass is 278 g/mol. The molecule has 0 aromatic carbocycles. The van der Waals surface area contributed by atoms with Crippen molar-refractivity contribution in [2.75, 3.05) is 20.0 Å². The first-order valence-electron chi connectivity index (χ1n) is 5.81. The van der Waals surface area contributed by atoms with Crippen molar-refractivity contribution in [3.05, 3.63) is 0 Å². The number of terminal acetylenes is 1. The first kappa shape index (κ1) is 15.9. The van der Waals surface area contributed by atoms with Crippen molar-refractivity contribution in [1.29, 1.82) is 26.3 Å². The van der Waals surface area contributed by atoms with E-state index in [-0.39, 0.29) is 20.0 Å². The second kappa shape index (κ2) is 7.47. The van der Waals surface area contributed by atoms with Crippen molar-refractivity contribution in [3.8, 4) is 42.7 Å². The maximum atomic E-state index is 9.03. The molecule has 21 heavy (non-hydrogen) atoms. The second-order valence-corrected chi connectivity index (χ2v) is 4.21. The number of nitriles is 5. The van der Waals surface area contributed by atoms with Crippen LogP contribution in [-0.4, -0.2) is 52.8 Å². The summed E-state index contributed by atoms with van der Waals surface area (Å²) in [4.78, 5) is 4.42. The molecular weight excluding hydrogens is 268 g/mol. The normalized spacial score (nSPS) is 17.7. The Bertz CT molecular complexity index is 490. The Morgan fingerprint density at radius 3 is 1.14 bits per heavy atom. The van der Waals surface area contributed by atoms with E-state index < -0.39 is 18.1 Å². The van der Waals surface area contributed by atoms with Gasteiger partial charge in [-0.2, -0.15) is 26.3 Å². The fraction of sp³-hybridized carbons (Fsp3) is 0.462. The van der Waals surface area contributed by atoms with Gasteiger partial charge >= 0.3 is 0 Å². The third kappa shape index (κ3) is 3.46. The summed E-state index contributed by atoms with van der Waals surface area (Å²) in [7, 11) is 0. The molecule has 0 aliphatic carbocycles. The van der Waals surface area contributed by atoms with Crippen LogP contribution < -0.4 is 0 Å². The highest BCUT2D eigenvalue weighted by molar-refractivity contribution is 5.16. The summed E-state index contributed by atoms with van der Waals surface area (Å²) in [6.07, 6.45) is 5.28. The number of rotatable bonds is 3. The molecule has 0 bridgehead atoms. The van der Waals surface area contributed by atoms with Gasteiger partial charge in [0.15, 0.2) is 18.1 Å². The van der Waals surface area contributed by atoms with Gasteiger partial charge in [0.1, 0.15) is 0 Å². The van der Waals surface area contributed by atoms with Gasteiger partial charge in [0.05, 0.1) is 50.4 Å². The SMILES string of the molecule is C#CC(C#N)N1CN(C(C#N)C#N)CN(C(C#N)C#N)C1. The standard InChI is InChI=1S/C13H10N8/c1-2-11(3-14)19-8-20(12(4-15)5-16)10-21(9-19)13(6-17)7-18/h1,11-13H,8-10H2. The van der Waals surface area contributed by atoms with Crippen molar-refractivity contribution in [2.45, 2.75) is 18.1 Å². The molecule has 0 aromatic rings. The highest BCUT2D eigenvalue weighted by Crippen LogP contribution is 2.15. The van der Waals surface area contributed by atoms with E-state index in [0.29, 0.717) is 0 Å². The zero-order valence-electron chi connectivity index (χ0n) is 11.0. The van der Waals surface area contributed by atoms with E-state index in [2.05, 4.69) is 5.92 Å². The van der Waals surface area contributed by atoms with Crippen LogP contribution in [0, 0.1) is 69.0 Å². The summed E-state index contributed by atoms with van der Waals surface area (Å²) in [6, 6.07) is 6.24. The molecule has 0 radical (unpaired) electrons. The van der Waals surface area contributed by atoms with Crippen molar-refractivity contribution < 1.29 is 0 Å². The molecule has 8 heteroatoms. The number of nitrogens with zero attached hydrogens (tertiary/aromatic N) is 8. The molecule has 1 saturated heterocycles. The zero-order valence-corrected chi connectivity index (χ0v) is 11.0. The number of hydrogen-bond acceptors (Lipinski definition) is 8. The van der Waals surface area contributed by atoms with Crippen LogP contribution in [0.4, 0.5) is 0 Å². The van der Waals surface area contributed by atoms with Crippen LogP contribution in [0.25, 0.3) is 0 Å². The molecule has 1 unspecified atom stereocenters. The Hall–Kier alpha value is -3.11. The van der Waals surface area contributed by atoms with Gasteiger partial charge in [-0.05, 0) is 0 Å². The fourth-order valence-corrected chi connectivity index (χ4v) is 1.93. The van der Waals surface area contributed by atoms with E-state index in [4.69, 9.17) is 32.7 Å². The number of hydrogen-bond donors (Lipinski definition) is 0. The van der Waals surface area contributed by atoms with Gasteiger partial charge in [0, 0.05) is 0 Å². The highest BCUT2D eigenvalue weighted by atomic mass is 15.5. The lowest BCUT2D eigenvalue weighted by Gasteiger charge is -2.43. The van der Waals surface area contributed by atoms with Gasteiger partial charge in [0.2, 0.25) is 0 Å². The third-order valence-electron chi connectivity index (χ3n) is 2.95. The molecule has 1 aliphatic rings. The van der Waals surface area contributed by atoms with Crippen LogP contribution in [0.3, 0.4) is 0 Å². The van der Waals surface area contributed by atoms with Crippen LogP contribution in [0.5, 0.6) is 0 Å². The minimum atomic E-state index is -1.05. The van der Waals surface area contributed by atoms with Crippen LogP contribution in [0.1, 0.15) is 0 Å². The second-order valence-electron chi connectivity index (χ2n) is 4.21. The van der Waals surface area contributed by atoms with E-state index in [1.807, 2.05) is 30.3 Å². The molecule has 0 spiro atoms. The first-order chi connectivity index (χ1) is 10.1. The quantitative estimate of drug-likeness (QED) is 0.609. The molecular formula is C13H10N8. The summed E-state index contributed by atoms with van der Waals surface area (Å²) in [6.45, 7) is 0.360. The molecule has 0 amide bonds. The van der Waals surface area contributed by atoms with Crippen molar-refractivity contribution >= 4 is 0 Å². The van der Waals surface area contributed by atoms with Crippen LogP contribution in [0.2, 0.25) is 0 Å². The Morgan fingerprint density at radius 2 is 0.905 bits per heavy atom. The minimum Gasteiger partial charge on any atom is -0.252 e. The molecule has 1 aliphatic heterocycles. The molecule has 1 heterocycles. The largest absolute Gasteiger partial charge is 0.252 e. The van der Waals surface area contributed by atoms with E-state index in [0.717, 1.165) is 0 Å². The van der Waals surface area contributed by atoms with E-state index in [1.165, 1.54) is 14.7 Å². The van der Waals surface area contributed by atoms with Crippen LogP contribution in [0.15, 0.2) is 0 Å². The lowest BCUT2D eigenvalue weighted by molar-refractivity contribution is -0.0386. The topological polar surface area (TPSA) is 129 Å². The Balaban J connectivity index is 3.06. The maximum Gasteiger partial charge on any atom is 0.188 e. The molecule has 102 valence electrons. The van der Waals surface area contributed by atoms with E-state index in [9.17, 15) is 0 Å². The Kier molecular flexibility index (Phi) is 5.67. The zero-order chi connectivity index (χ0) is 15.8. The van der Waals surface area contributed by atoms with E-state index >= 15 is 0 Å². The minimum absolute atomic E-state index is 0.0940. The molecule has 1 fully saturated rings. The van der Waals surface area contributed by atoms with Gasteiger partial charge in [-0.15, -0.1) is 6.42 Å². The summed E-state index contributed by atoms with van der Waals surface area (Å²) < 4.78 is 0. The first-order valence-corrected chi connectivity index (χ1v) is 5.81. The molecule has 0 saturated carbocycles. The lowest BCUT2D eigenvalue weighted by Crippen LogP contribution is -2.61. The Labute approximate surface area is 122 Å². The summed E-state index contributed by atoms with van der Waals surface area (Å²) in [5.41, 5.74) is 0. The maximum absolute atomic E-state index is 9.03. The lowest BCUT2D eigenvalue weighted by atomic mass is 10.2. The fourth-order valence-electron chi connectivity index (χ4n) is 1.93. The van der Waals surface area contributed by atoms with Gasteiger partial charge in [0.25, 0.3) is 0 Å². The summed E-state index contributed by atoms with van der Waals surface area (Å²) >= 11 is 0. The molecule has 1 rings (SSSR count). The smallest absolute Gasteiger partial charge is 0.188 e. The van der Waals surface area contributed by atoms with Gasteiger partial charge in [-0.3, -0.25) is 4.90 Å². The molecule has 8 nitrogen and oxygen atoms in total. The predicted octanol–water partition coefficient (Wildman–Crippen LogP) is -0.865. The van der Waals surface area contributed by atoms with Crippen molar-refractivity contribution in [2.24, 2.45) is 0 Å². The Morgan fingerprint density at radius 1 is 0.619 bits per heavy atom. The summed E-state index contributed by atoms with van der Waals surface area (Å²) in [5, 5.41) is 44.9. The third-order valence-corrected chi connectivity index (χ3v) is 2.95. The van der Waals surface area contributed by atoms with Gasteiger partial charge in [-0.1, -0.05) is 5.92 Å².